The molecule has 0 aromatic heterocycles. The van der Waals surface area contributed by atoms with Crippen LogP contribution >= 0.6 is 0 Å². The fraction of sp³-hybridized carbons (Fsp3) is 0.562. The van der Waals surface area contributed by atoms with Crippen molar-refractivity contribution in [3.8, 4) is 11.8 Å². The molecule has 0 bridgehead atoms. The van der Waals surface area contributed by atoms with Gasteiger partial charge in [0.05, 0.1) is 18.6 Å². The van der Waals surface area contributed by atoms with Gasteiger partial charge in [0.2, 0.25) is 0 Å². The van der Waals surface area contributed by atoms with Crippen molar-refractivity contribution >= 4 is 0 Å². The summed E-state index contributed by atoms with van der Waals surface area (Å²) in [5, 5.41) is 9.17. The second-order valence-corrected chi connectivity index (χ2v) is 6.35. The Morgan fingerprint density at radius 2 is 2.00 bits per heavy atom. The third kappa shape index (κ3) is 2.51. The summed E-state index contributed by atoms with van der Waals surface area (Å²) in [5.74, 6) is 0.938. The monoisotopic (exact) mass is 243 g/mol. The van der Waals surface area contributed by atoms with Crippen molar-refractivity contribution < 1.29 is 4.74 Å². The number of methoxy groups -OCH3 is 1. The van der Waals surface area contributed by atoms with Gasteiger partial charge < -0.3 is 4.74 Å². The average Bonchev–Trinajstić information content (AvgIpc) is 3.08. The van der Waals surface area contributed by atoms with E-state index in [0.717, 1.165) is 25.0 Å². The first-order valence-electron chi connectivity index (χ1n) is 6.49. The molecule has 18 heavy (non-hydrogen) atoms. The zero-order valence-corrected chi connectivity index (χ0v) is 11.7. The maximum atomic E-state index is 9.17. The Bertz CT molecular complexity index is 487. The molecule has 96 valence electrons. The highest BCUT2D eigenvalue weighted by molar-refractivity contribution is 5.42. The van der Waals surface area contributed by atoms with E-state index < -0.39 is 0 Å². The van der Waals surface area contributed by atoms with Crippen LogP contribution in [0.25, 0.3) is 0 Å². The van der Waals surface area contributed by atoms with Gasteiger partial charge in [-0.3, -0.25) is 0 Å². The summed E-state index contributed by atoms with van der Waals surface area (Å²) < 4.78 is 5.43. The second kappa shape index (κ2) is 4.31. The highest BCUT2D eigenvalue weighted by atomic mass is 16.5. The summed E-state index contributed by atoms with van der Waals surface area (Å²) in [7, 11) is 1.71. The van der Waals surface area contributed by atoms with E-state index >= 15 is 0 Å². The highest BCUT2D eigenvalue weighted by Crippen LogP contribution is 2.48. The zero-order chi connectivity index (χ0) is 13.4. The van der Waals surface area contributed by atoms with Crippen molar-refractivity contribution in [1.29, 1.82) is 5.26 Å². The van der Waals surface area contributed by atoms with Crippen molar-refractivity contribution in [2.24, 2.45) is 5.41 Å². The van der Waals surface area contributed by atoms with Crippen LogP contribution in [0.1, 0.15) is 44.7 Å². The number of ether oxygens (including phenoxy) is 1. The maximum absolute atomic E-state index is 9.17. The molecule has 0 aliphatic heterocycles. The lowest BCUT2D eigenvalue weighted by atomic mass is 9.84. The molecule has 1 aliphatic rings. The Kier molecular flexibility index (Phi) is 3.11. The SMILES string of the molecule is COc1ccc(CC2(C#N)CC2)cc1C(C)(C)C. The topological polar surface area (TPSA) is 33.0 Å². The molecule has 0 amide bonds. The Labute approximate surface area is 110 Å². The molecule has 0 radical (unpaired) electrons. The van der Waals surface area contributed by atoms with E-state index in [1.54, 1.807) is 7.11 Å². The molecule has 0 atom stereocenters. The van der Waals surface area contributed by atoms with Gasteiger partial charge in [-0.15, -0.1) is 0 Å². The molecule has 0 saturated heterocycles. The molecular weight excluding hydrogens is 222 g/mol. The highest BCUT2D eigenvalue weighted by Gasteiger charge is 2.43. The van der Waals surface area contributed by atoms with E-state index in [-0.39, 0.29) is 10.8 Å². The minimum absolute atomic E-state index is 0.0602. The van der Waals surface area contributed by atoms with E-state index in [2.05, 4.69) is 39.0 Å². The maximum Gasteiger partial charge on any atom is 0.122 e. The zero-order valence-electron chi connectivity index (χ0n) is 11.7. The molecule has 1 aromatic rings. The van der Waals surface area contributed by atoms with Gasteiger partial charge in [-0.25, -0.2) is 0 Å². The van der Waals surface area contributed by atoms with Crippen molar-refractivity contribution in [3.05, 3.63) is 29.3 Å². The summed E-state index contributed by atoms with van der Waals surface area (Å²) in [5.41, 5.74) is 2.45. The van der Waals surface area contributed by atoms with Crippen LogP contribution in [0.5, 0.6) is 5.75 Å². The molecule has 1 aliphatic carbocycles. The van der Waals surface area contributed by atoms with E-state index in [9.17, 15) is 5.26 Å². The van der Waals surface area contributed by atoms with Crippen molar-refractivity contribution in [1.82, 2.24) is 0 Å². The fourth-order valence-electron chi connectivity index (χ4n) is 2.32. The number of benzene rings is 1. The normalized spacial score (nSPS) is 17.1. The molecule has 2 nitrogen and oxygen atoms in total. The van der Waals surface area contributed by atoms with Crippen LogP contribution < -0.4 is 4.74 Å². The fourth-order valence-corrected chi connectivity index (χ4v) is 2.32. The third-order valence-corrected chi connectivity index (χ3v) is 3.71. The van der Waals surface area contributed by atoms with E-state index in [1.165, 1.54) is 11.1 Å². The van der Waals surface area contributed by atoms with Crippen molar-refractivity contribution in [2.75, 3.05) is 7.11 Å². The molecule has 0 N–H and O–H groups in total. The van der Waals surface area contributed by atoms with Crippen molar-refractivity contribution in [2.45, 2.75) is 45.4 Å². The molecule has 0 heterocycles. The van der Waals surface area contributed by atoms with Crippen LogP contribution in [0.3, 0.4) is 0 Å². The van der Waals surface area contributed by atoms with Gasteiger partial charge in [-0.1, -0.05) is 32.9 Å². The number of rotatable bonds is 3. The van der Waals surface area contributed by atoms with Gasteiger partial charge in [0.15, 0.2) is 0 Å². The minimum atomic E-state index is -0.0796. The predicted octanol–water partition coefficient (Wildman–Crippen LogP) is 3.84. The standard InChI is InChI=1S/C16H21NO/c1-15(2,3)13-9-12(5-6-14(13)18-4)10-16(11-17)7-8-16/h5-6,9H,7-8,10H2,1-4H3. The van der Waals surface area contributed by atoms with Gasteiger partial charge in [0.1, 0.15) is 5.75 Å². The molecule has 1 fully saturated rings. The lowest BCUT2D eigenvalue weighted by Crippen LogP contribution is -2.14. The van der Waals surface area contributed by atoms with Crippen LogP contribution in [-0.4, -0.2) is 7.11 Å². The summed E-state index contributed by atoms with van der Waals surface area (Å²) in [4.78, 5) is 0. The lowest BCUT2D eigenvalue weighted by Gasteiger charge is -2.23. The number of hydrogen-bond donors (Lipinski definition) is 0. The van der Waals surface area contributed by atoms with Crippen LogP contribution in [0, 0.1) is 16.7 Å². The first kappa shape index (κ1) is 13.0. The van der Waals surface area contributed by atoms with Gasteiger partial charge >= 0.3 is 0 Å². The predicted molar refractivity (Wildman–Crippen MR) is 72.7 cm³/mol. The first-order chi connectivity index (χ1) is 8.40. The molecule has 2 rings (SSSR count). The number of hydrogen-bond acceptors (Lipinski definition) is 2. The molecule has 0 spiro atoms. The minimum Gasteiger partial charge on any atom is -0.496 e. The van der Waals surface area contributed by atoms with Crippen LogP contribution in [0.4, 0.5) is 0 Å². The Hall–Kier alpha value is -1.49. The quantitative estimate of drug-likeness (QED) is 0.808. The summed E-state index contributed by atoms with van der Waals surface area (Å²) in [6, 6.07) is 8.78. The van der Waals surface area contributed by atoms with E-state index in [4.69, 9.17) is 4.74 Å². The van der Waals surface area contributed by atoms with Crippen LogP contribution in [0.2, 0.25) is 0 Å². The Balaban J connectivity index is 2.32. The smallest absolute Gasteiger partial charge is 0.122 e. The van der Waals surface area contributed by atoms with Crippen LogP contribution in [0.15, 0.2) is 18.2 Å². The van der Waals surface area contributed by atoms with Crippen LogP contribution in [-0.2, 0) is 11.8 Å². The third-order valence-electron chi connectivity index (χ3n) is 3.71. The average molecular weight is 243 g/mol. The first-order valence-corrected chi connectivity index (χ1v) is 6.49. The van der Waals surface area contributed by atoms with Crippen molar-refractivity contribution in [3.63, 3.8) is 0 Å². The summed E-state index contributed by atoms with van der Waals surface area (Å²) >= 11 is 0. The van der Waals surface area contributed by atoms with Gasteiger partial charge in [-0.05, 0) is 41.9 Å². The van der Waals surface area contributed by atoms with E-state index in [1.807, 2.05) is 6.07 Å². The van der Waals surface area contributed by atoms with Gasteiger partial charge in [0.25, 0.3) is 0 Å². The lowest BCUT2D eigenvalue weighted by molar-refractivity contribution is 0.397. The van der Waals surface area contributed by atoms with E-state index in [0.29, 0.717) is 0 Å². The Morgan fingerprint density at radius 3 is 2.44 bits per heavy atom. The molecular formula is C16H21NO. The number of nitriles is 1. The largest absolute Gasteiger partial charge is 0.496 e. The summed E-state index contributed by atoms with van der Waals surface area (Å²) in [6.45, 7) is 6.56. The summed E-state index contributed by atoms with van der Waals surface area (Å²) in [6.07, 6.45) is 2.96. The molecule has 1 aromatic carbocycles. The number of nitrogens with zero attached hydrogens (tertiary/aromatic N) is 1. The molecule has 1 saturated carbocycles. The van der Waals surface area contributed by atoms with Gasteiger partial charge in [0, 0.05) is 0 Å². The Morgan fingerprint density at radius 1 is 1.33 bits per heavy atom. The van der Waals surface area contributed by atoms with Gasteiger partial charge in [-0.2, -0.15) is 5.26 Å². The molecule has 2 heteroatoms. The second-order valence-electron chi connectivity index (χ2n) is 6.35. The molecule has 0 unspecified atom stereocenters.